The standard InChI is InChI=1S/C15H30N2O2/c1-6-12(7-2)17-14(18)11(3)16-13-8-9-19-15(4,5)10-13/h11-13,16H,6-10H2,1-5H3,(H,17,18). The lowest BCUT2D eigenvalue weighted by molar-refractivity contribution is -0.124. The first kappa shape index (κ1) is 16.4. The SMILES string of the molecule is CCC(CC)NC(=O)C(C)NC1CCOC(C)(C)C1. The van der Waals surface area contributed by atoms with Gasteiger partial charge in [-0.25, -0.2) is 0 Å². The number of ether oxygens (including phenoxy) is 1. The van der Waals surface area contributed by atoms with Gasteiger partial charge in [0.2, 0.25) is 5.91 Å². The quantitative estimate of drug-likeness (QED) is 0.778. The lowest BCUT2D eigenvalue weighted by Crippen LogP contribution is -2.52. The third-order valence-electron chi connectivity index (χ3n) is 3.91. The van der Waals surface area contributed by atoms with Crippen LogP contribution in [0.15, 0.2) is 0 Å². The number of carbonyl (C=O) groups is 1. The van der Waals surface area contributed by atoms with E-state index in [1.54, 1.807) is 0 Å². The summed E-state index contributed by atoms with van der Waals surface area (Å²) in [5.74, 6) is 0.109. The van der Waals surface area contributed by atoms with Crippen LogP contribution in [0.3, 0.4) is 0 Å². The molecule has 2 unspecified atom stereocenters. The zero-order chi connectivity index (χ0) is 14.5. The number of hydrogen-bond acceptors (Lipinski definition) is 3. The minimum absolute atomic E-state index is 0.0819. The summed E-state index contributed by atoms with van der Waals surface area (Å²) in [7, 11) is 0. The molecule has 19 heavy (non-hydrogen) atoms. The molecule has 0 spiro atoms. The van der Waals surface area contributed by atoms with Crippen molar-refractivity contribution in [3.63, 3.8) is 0 Å². The van der Waals surface area contributed by atoms with Crippen LogP contribution >= 0.6 is 0 Å². The topological polar surface area (TPSA) is 50.4 Å². The van der Waals surface area contributed by atoms with Crippen LogP contribution < -0.4 is 10.6 Å². The Balaban J connectivity index is 2.41. The maximum atomic E-state index is 12.1. The van der Waals surface area contributed by atoms with Crippen LogP contribution in [-0.2, 0) is 9.53 Å². The van der Waals surface area contributed by atoms with Crippen molar-refractivity contribution in [1.82, 2.24) is 10.6 Å². The van der Waals surface area contributed by atoms with E-state index in [2.05, 4.69) is 38.3 Å². The molecule has 2 atom stereocenters. The van der Waals surface area contributed by atoms with Gasteiger partial charge in [0.1, 0.15) is 0 Å². The maximum absolute atomic E-state index is 12.1. The van der Waals surface area contributed by atoms with Gasteiger partial charge in [-0.1, -0.05) is 13.8 Å². The van der Waals surface area contributed by atoms with Crippen LogP contribution in [0.2, 0.25) is 0 Å². The zero-order valence-electron chi connectivity index (χ0n) is 13.1. The van der Waals surface area contributed by atoms with Gasteiger partial charge < -0.3 is 15.4 Å². The van der Waals surface area contributed by atoms with E-state index in [1.807, 2.05) is 6.92 Å². The molecule has 1 rings (SSSR count). The summed E-state index contributed by atoms with van der Waals surface area (Å²) in [5, 5.41) is 6.53. The van der Waals surface area contributed by atoms with E-state index in [-0.39, 0.29) is 17.6 Å². The van der Waals surface area contributed by atoms with Gasteiger partial charge >= 0.3 is 0 Å². The van der Waals surface area contributed by atoms with Gasteiger partial charge in [-0.2, -0.15) is 0 Å². The van der Waals surface area contributed by atoms with Crippen LogP contribution in [0, 0.1) is 0 Å². The van der Waals surface area contributed by atoms with Crippen molar-refractivity contribution in [3.8, 4) is 0 Å². The molecular weight excluding hydrogens is 240 g/mol. The normalized spacial score (nSPS) is 24.2. The largest absolute Gasteiger partial charge is 0.375 e. The fourth-order valence-corrected chi connectivity index (χ4v) is 2.62. The summed E-state index contributed by atoms with van der Waals surface area (Å²) >= 11 is 0. The average Bonchev–Trinajstić information content (AvgIpc) is 2.34. The second-order valence-electron chi connectivity index (χ2n) is 6.21. The van der Waals surface area contributed by atoms with Crippen molar-refractivity contribution in [1.29, 1.82) is 0 Å². The van der Waals surface area contributed by atoms with E-state index in [0.29, 0.717) is 12.1 Å². The Kier molecular flexibility index (Phi) is 6.27. The van der Waals surface area contributed by atoms with Crippen LogP contribution in [0.4, 0.5) is 0 Å². The van der Waals surface area contributed by atoms with Crippen molar-refractivity contribution >= 4 is 5.91 Å². The van der Waals surface area contributed by atoms with Gasteiger partial charge in [-0.15, -0.1) is 0 Å². The van der Waals surface area contributed by atoms with E-state index >= 15 is 0 Å². The van der Waals surface area contributed by atoms with E-state index < -0.39 is 0 Å². The molecule has 0 aliphatic carbocycles. The van der Waals surface area contributed by atoms with E-state index in [1.165, 1.54) is 0 Å². The third kappa shape index (κ3) is 5.49. The van der Waals surface area contributed by atoms with Gasteiger partial charge in [0.25, 0.3) is 0 Å². The molecular formula is C15H30N2O2. The maximum Gasteiger partial charge on any atom is 0.237 e. The molecule has 0 aromatic heterocycles. The van der Waals surface area contributed by atoms with Gasteiger partial charge in [0.05, 0.1) is 11.6 Å². The monoisotopic (exact) mass is 270 g/mol. The molecule has 0 bridgehead atoms. The van der Waals surface area contributed by atoms with Gasteiger partial charge in [-0.3, -0.25) is 4.79 Å². The second kappa shape index (κ2) is 7.25. The van der Waals surface area contributed by atoms with Crippen molar-refractivity contribution in [2.45, 2.75) is 84.0 Å². The summed E-state index contributed by atoms with van der Waals surface area (Å²) in [6.45, 7) is 11.1. The van der Waals surface area contributed by atoms with Crippen LogP contribution in [-0.4, -0.2) is 36.2 Å². The Morgan fingerprint density at radius 3 is 2.53 bits per heavy atom. The van der Waals surface area contributed by atoms with E-state index in [0.717, 1.165) is 32.3 Å². The zero-order valence-corrected chi connectivity index (χ0v) is 13.1. The fourth-order valence-electron chi connectivity index (χ4n) is 2.62. The summed E-state index contributed by atoms with van der Waals surface area (Å²) in [6, 6.07) is 0.522. The number of amides is 1. The summed E-state index contributed by atoms with van der Waals surface area (Å²) in [5.41, 5.74) is -0.0819. The van der Waals surface area contributed by atoms with Crippen LogP contribution in [0.1, 0.15) is 60.3 Å². The molecule has 2 N–H and O–H groups in total. The molecule has 0 aromatic rings. The van der Waals surface area contributed by atoms with Crippen LogP contribution in [0.25, 0.3) is 0 Å². The number of carbonyl (C=O) groups excluding carboxylic acids is 1. The summed E-state index contributed by atoms with van der Waals surface area (Å²) in [4.78, 5) is 12.1. The third-order valence-corrected chi connectivity index (χ3v) is 3.91. The fraction of sp³-hybridized carbons (Fsp3) is 0.933. The molecule has 0 aromatic carbocycles. The van der Waals surface area contributed by atoms with Gasteiger partial charge in [-0.05, 0) is 46.5 Å². The highest BCUT2D eigenvalue weighted by Gasteiger charge is 2.30. The molecule has 4 heteroatoms. The highest BCUT2D eigenvalue weighted by Crippen LogP contribution is 2.24. The first-order chi connectivity index (χ1) is 8.88. The molecule has 0 radical (unpaired) electrons. The lowest BCUT2D eigenvalue weighted by atomic mass is 9.93. The van der Waals surface area contributed by atoms with Gasteiger partial charge in [0.15, 0.2) is 0 Å². The summed E-state index contributed by atoms with van der Waals surface area (Å²) < 4.78 is 5.70. The van der Waals surface area contributed by atoms with Crippen LogP contribution in [0.5, 0.6) is 0 Å². The van der Waals surface area contributed by atoms with Crippen molar-refractivity contribution < 1.29 is 9.53 Å². The predicted molar refractivity (Wildman–Crippen MR) is 78.2 cm³/mol. The Morgan fingerprint density at radius 2 is 2.00 bits per heavy atom. The second-order valence-corrected chi connectivity index (χ2v) is 6.21. The minimum Gasteiger partial charge on any atom is -0.375 e. The minimum atomic E-state index is -0.139. The highest BCUT2D eigenvalue weighted by molar-refractivity contribution is 5.81. The van der Waals surface area contributed by atoms with E-state index in [4.69, 9.17) is 4.74 Å². The molecule has 1 heterocycles. The Bertz CT molecular complexity index is 288. The average molecular weight is 270 g/mol. The Hall–Kier alpha value is -0.610. The number of hydrogen-bond donors (Lipinski definition) is 2. The number of nitrogens with one attached hydrogen (secondary N) is 2. The van der Waals surface area contributed by atoms with Crippen molar-refractivity contribution in [3.05, 3.63) is 0 Å². The van der Waals surface area contributed by atoms with Crippen molar-refractivity contribution in [2.24, 2.45) is 0 Å². The molecule has 1 aliphatic rings. The van der Waals surface area contributed by atoms with Crippen molar-refractivity contribution in [2.75, 3.05) is 6.61 Å². The summed E-state index contributed by atoms with van der Waals surface area (Å²) in [6.07, 6.45) is 3.90. The molecule has 112 valence electrons. The molecule has 0 saturated carbocycles. The van der Waals surface area contributed by atoms with E-state index in [9.17, 15) is 4.79 Å². The molecule has 1 aliphatic heterocycles. The first-order valence-corrected chi connectivity index (χ1v) is 7.58. The number of rotatable bonds is 6. The molecule has 1 fully saturated rings. The Labute approximate surface area is 117 Å². The first-order valence-electron chi connectivity index (χ1n) is 7.58. The molecule has 1 amide bonds. The predicted octanol–water partition coefficient (Wildman–Crippen LogP) is 2.23. The van der Waals surface area contributed by atoms with Gasteiger partial charge in [0, 0.05) is 18.7 Å². The Morgan fingerprint density at radius 1 is 1.37 bits per heavy atom. The molecule has 4 nitrogen and oxygen atoms in total. The highest BCUT2D eigenvalue weighted by atomic mass is 16.5. The smallest absolute Gasteiger partial charge is 0.237 e. The molecule has 1 saturated heterocycles. The lowest BCUT2D eigenvalue weighted by Gasteiger charge is -2.37.